The molecule has 6 nitrogen and oxygen atoms in total. The number of carbonyl (C=O) groups is 3. The number of fused-ring (bicyclic) bond motifs is 1. The molecule has 0 aromatic heterocycles. The minimum absolute atomic E-state index is 0.223. The second-order valence-electron chi connectivity index (χ2n) is 7.09. The molecule has 0 aliphatic carbocycles. The zero-order valence-electron chi connectivity index (χ0n) is 16.0. The van der Waals surface area contributed by atoms with Crippen LogP contribution in [0.3, 0.4) is 0 Å². The number of ether oxygens (including phenoxy) is 1. The molecule has 2 heterocycles. The van der Waals surface area contributed by atoms with E-state index in [-0.39, 0.29) is 24.5 Å². The van der Waals surface area contributed by atoms with Crippen molar-refractivity contribution in [3.05, 3.63) is 78.4 Å². The largest absolute Gasteiger partial charge is 0.463 e. The van der Waals surface area contributed by atoms with Crippen molar-refractivity contribution in [3.8, 4) is 0 Å². The van der Waals surface area contributed by atoms with Gasteiger partial charge in [0.05, 0.1) is 24.1 Å². The molecule has 2 fully saturated rings. The lowest BCUT2D eigenvalue weighted by Gasteiger charge is -2.21. The van der Waals surface area contributed by atoms with Gasteiger partial charge < -0.3 is 10.1 Å². The molecule has 0 saturated carbocycles. The number of benzene rings is 2. The number of imide groups is 1. The van der Waals surface area contributed by atoms with Crippen LogP contribution < -0.4 is 10.2 Å². The molecule has 0 unspecified atom stereocenters. The predicted molar refractivity (Wildman–Crippen MR) is 108 cm³/mol. The van der Waals surface area contributed by atoms with E-state index < -0.39 is 23.8 Å². The van der Waals surface area contributed by atoms with Gasteiger partial charge in [-0.15, -0.1) is 0 Å². The zero-order valence-corrected chi connectivity index (χ0v) is 16.0. The highest BCUT2D eigenvalue weighted by Gasteiger charge is 2.58. The molecule has 4 rings (SSSR count). The molecule has 6 heteroatoms. The smallest absolute Gasteiger partial charge is 0.330 e. The molecule has 29 heavy (non-hydrogen) atoms. The summed E-state index contributed by atoms with van der Waals surface area (Å²) in [6, 6.07) is 17.8. The van der Waals surface area contributed by atoms with E-state index in [1.807, 2.05) is 36.4 Å². The summed E-state index contributed by atoms with van der Waals surface area (Å²) < 4.78 is 4.95. The first-order valence-electron chi connectivity index (χ1n) is 9.70. The van der Waals surface area contributed by atoms with E-state index in [1.165, 1.54) is 11.0 Å². The van der Waals surface area contributed by atoms with Crippen molar-refractivity contribution in [1.82, 2.24) is 5.32 Å². The SMILES string of the molecule is CCOC(=O)/C=C/[C@@H]1N[C@@H](c2ccccc2)[C@@H]2C(=O)N(c3ccccc3)C(=O)[C@@H]21. The van der Waals surface area contributed by atoms with E-state index in [1.54, 1.807) is 37.3 Å². The van der Waals surface area contributed by atoms with Crippen LogP contribution >= 0.6 is 0 Å². The maximum atomic E-state index is 13.3. The van der Waals surface area contributed by atoms with Crippen molar-refractivity contribution < 1.29 is 19.1 Å². The van der Waals surface area contributed by atoms with Crippen LogP contribution in [0, 0.1) is 11.8 Å². The van der Waals surface area contributed by atoms with Gasteiger partial charge in [0.25, 0.3) is 0 Å². The number of carbonyl (C=O) groups excluding carboxylic acids is 3. The van der Waals surface area contributed by atoms with Crippen LogP contribution in [0.1, 0.15) is 18.5 Å². The number of para-hydroxylation sites is 1. The molecule has 2 aromatic carbocycles. The number of hydrogen-bond donors (Lipinski definition) is 1. The van der Waals surface area contributed by atoms with Gasteiger partial charge in [0.1, 0.15) is 0 Å². The first-order valence-corrected chi connectivity index (χ1v) is 9.70. The van der Waals surface area contributed by atoms with Gasteiger partial charge in [-0.25, -0.2) is 9.69 Å². The Bertz CT molecular complexity index is 942. The van der Waals surface area contributed by atoms with Gasteiger partial charge in [0.2, 0.25) is 11.8 Å². The molecule has 0 spiro atoms. The fraction of sp³-hybridized carbons (Fsp3) is 0.261. The van der Waals surface area contributed by atoms with Crippen molar-refractivity contribution in [2.75, 3.05) is 11.5 Å². The van der Waals surface area contributed by atoms with Crippen molar-refractivity contribution in [2.45, 2.75) is 19.0 Å². The lowest BCUT2D eigenvalue weighted by molar-refractivity contribution is -0.137. The minimum Gasteiger partial charge on any atom is -0.463 e. The molecule has 2 aromatic rings. The van der Waals surface area contributed by atoms with Gasteiger partial charge in [0.15, 0.2) is 0 Å². The van der Waals surface area contributed by atoms with Crippen molar-refractivity contribution in [3.63, 3.8) is 0 Å². The van der Waals surface area contributed by atoms with Crippen LogP contribution in [0.4, 0.5) is 5.69 Å². The van der Waals surface area contributed by atoms with E-state index in [0.717, 1.165) is 5.56 Å². The van der Waals surface area contributed by atoms with Gasteiger partial charge >= 0.3 is 5.97 Å². The summed E-state index contributed by atoms with van der Waals surface area (Å²) in [7, 11) is 0. The second-order valence-corrected chi connectivity index (χ2v) is 7.09. The highest BCUT2D eigenvalue weighted by Crippen LogP contribution is 2.45. The van der Waals surface area contributed by atoms with Crippen LogP contribution in [0.15, 0.2) is 72.8 Å². The first kappa shape index (κ1) is 19.1. The third kappa shape index (κ3) is 3.47. The fourth-order valence-electron chi connectivity index (χ4n) is 4.20. The fourth-order valence-corrected chi connectivity index (χ4v) is 4.20. The Morgan fingerprint density at radius 1 is 1.00 bits per heavy atom. The van der Waals surface area contributed by atoms with Crippen molar-refractivity contribution in [1.29, 1.82) is 0 Å². The Hall–Kier alpha value is -3.25. The lowest BCUT2D eigenvalue weighted by Crippen LogP contribution is -2.38. The standard InChI is InChI=1S/C23H22N2O4/c1-2-29-18(26)14-13-17-19-20(21(24-17)15-9-5-3-6-10-15)23(28)25(22(19)27)16-11-7-4-8-12-16/h3-14,17,19-21,24H,2H2,1H3/b14-13+/t17-,19+,20+,21-/m0/s1. The first-order chi connectivity index (χ1) is 14.1. The van der Waals surface area contributed by atoms with Gasteiger partial charge in [-0.1, -0.05) is 54.6 Å². The summed E-state index contributed by atoms with van der Waals surface area (Å²) in [6.45, 7) is 2.01. The van der Waals surface area contributed by atoms with Gasteiger partial charge in [-0.05, 0) is 24.6 Å². The Morgan fingerprint density at radius 2 is 1.62 bits per heavy atom. The average molecular weight is 390 g/mol. The number of nitrogens with zero attached hydrogens (tertiary/aromatic N) is 1. The average Bonchev–Trinajstić information content (AvgIpc) is 3.25. The van der Waals surface area contributed by atoms with E-state index >= 15 is 0 Å². The molecule has 4 atom stereocenters. The van der Waals surface area contributed by atoms with Gasteiger partial charge in [0, 0.05) is 18.2 Å². The topological polar surface area (TPSA) is 75.7 Å². The Balaban J connectivity index is 1.70. The van der Waals surface area contributed by atoms with E-state index in [0.29, 0.717) is 5.69 Å². The van der Waals surface area contributed by atoms with Crippen LogP contribution in [0.2, 0.25) is 0 Å². The van der Waals surface area contributed by atoms with Crippen LogP contribution in [0.5, 0.6) is 0 Å². The molecule has 2 aliphatic heterocycles. The molecule has 1 N–H and O–H groups in total. The number of rotatable bonds is 5. The molecule has 148 valence electrons. The molecule has 2 amide bonds. The van der Waals surface area contributed by atoms with Crippen LogP contribution in [-0.4, -0.2) is 30.4 Å². The number of amides is 2. The summed E-state index contributed by atoms with van der Waals surface area (Å²) >= 11 is 0. The number of esters is 1. The zero-order chi connectivity index (χ0) is 20.4. The lowest BCUT2D eigenvalue weighted by atomic mass is 9.86. The summed E-state index contributed by atoms with van der Waals surface area (Å²) in [6.07, 6.45) is 2.97. The molecule has 0 radical (unpaired) electrons. The summed E-state index contributed by atoms with van der Waals surface area (Å²) in [5.41, 5.74) is 1.50. The second kappa shape index (κ2) is 8.01. The minimum atomic E-state index is -0.585. The number of hydrogen-bond acceptors (Lipinski definition) is 5. The third-order valence-corrected chi connectivity index (χ3v) is 5.42. The highest BCUT2D eigenvalue weighted by atomic mass is 16.5. The summed E-state index contributed by atoms with van der Waals surface area (Å²) in [5.74, 6) is -2.07. The molecule has 2 aliphatic rings. The number of nitrogens with one attached hydrogen (secondary N) is 1. The predicted octanol–water partition coefficient (Wildman–Crippen LogP) is 2.62. The molecular weight excluding hydrogens is 368 g/mol. The third-order valence-electron chi connectivity index (χ3n) is 5.42. The Kier molecular flexibility index (Phi) is 5.27. The monoisotopic (exact) mass is 390 g/mol. The molecular formula is C23H22N2O4. The normalized spacial score (nSPS) is 26.2. The van der Waals surface area contributed by atoms with E-state index in [4.69, 9.17) is 4.74 Å². The van der Waals surface area contributed by atoms with Crippen molar-refractivity contribution >= 4 is 23.5 Å². The Morgan fingerprint density at radius 3 is 2.28 bits per heavy atom. The van der Waals surface area contributed by atoms with E-state index in [9.17, 15) is 14.4 Å². The highest BCUT2D eigenvalue weighted by molar-refractivity contribution is 6.23. The summed E-state index contributed by atoms with van der Waals surface area (Å²) in [4.78, 5) is 39.6. The quantitative estimate of drug-likeness (QED) is 0.483. The molecule has 0 bridgehead atoms. The summed E-state index contributed by atoms with van der Waals surface area (Å²) in [5, 5.41) is 3.38. The van der Waals surface area contributed by atoms with Gasteiger partial charge in [-0.2, -0.15) is 0 Å². The van der Waals surface area contributed by atoms with E-state index in [2.05, 4.69) is 5.32 Å². The maximum Gasteiger partial charge on any atom is 0.330 e. The Labute approximate surface area is 169 Å². The maximum absolute atomic E-state index is 13.3. The van der Waals surface area contributed by atoms with Crippen LogP contribution in [0.25, 0.3) is 0 Å². The van der Waals surface area contributed by atoms with Crippen molar-refractivity contribution in [2.24, 2.45) is 11.8 Å². The number of anilines is 1. The van der Waals surface area contributed by atoms with Gasteiger partial charge in [-0.3, -0.25) is 9.59 Å². The van der Waals surface area contributed by atoms with Crippen LogP contribution in [-0.2, 0) is 19.1 Å². The molecule has 2 saturated heterocycles.